The van der Waals surface area contributed by atoms with E-state index < -0.39 is 11.9 Å². The minimum Gasteiger partial charge on any atom is -0.481 e. The number of nitrogens with zero attached hydrogens (tertiary/aromatic N) is 1. The van der Waals surface area contributed by atoms with Gasteiger partial charge in [-0.2, -0.15) is 0 Å². The van der Waals surface area contributed by atoms with Crippen molar-refractivity contribution in [2.45, 2.75) is 38.3 Å². The van der Waals surface area contributed by atoms with E-state index >= 15 is 0 Å². The van der Waals surface area contributed by atoms with E-state index in [1.165, 1.54) is 0 Å². The molecule has 1 heterocycles. The third kappa shape index (κ3) is 3.00. The molecular formula is C13H22N2O4. The van der Waals surface area contributed by atoms with E-state index in [4.69, 9.17) is 9.84 Å². The third-order valence-corrected chi connectivity index (χ3v) is 4.28. The molecule has 6 heteroatoms. The fraction of sp³-hybridized carbons (Fsp3) is 0.846. The summed E-state index contributed by atoms with van der Waals surface area (Å²) < 4.78 is 5.34. The zero-order valence-electron chi connectivity index (χ0n) is 11.5. The fourth-order valence-corrected chi connectivity index (χ4v) is 3.08. The Bertz CT molecular complexity index is 361. The Morgan fingerprint density at radius 1 is 1.32 bits per heavy atom. The van der Waals surface area contributed by atoms with Crippen molar-refractivity contribution in [1.82, 2.24) is 10.2 Å². The van der Waals surface area contributed by atoms with Crippen LogP contribution in [-0.4, -0.2) is 54.4 Å². The van der Waals surface area contributed by atoms with Gasteiger partial charge in [0.25, 0.3) is 0 Å². The number of nitrogens with one attached hydrogen (secondary N) is 1. The first-order valence-corrected chi connectivity index (χ1v) is 6.84. The maximum atomic E-state index is 12.1. The van der Waals surface area contributed by atoms with Crippen LogP contribution >= 0.6 is 0 Å². The minimum absolute atomic E-state index is 0.00468. The van der Waals surface area contributed by atoms with Crippen LogP contribution in [0.15, 0.2) is 0 Å². The minimum atomic E-state index is -0.821. The Morgan fingerprint density at radius 2 is 2.05 bits per heavy atom. The average molecular weight is 270 g/mol. The molecule has 1 saturated carbocycles. The van der Waals surface area contributed by atoms with Crippen molar-refractivity contribution in [3.63, 3.8) is 0 Å². The molecule has 2 aliphatic rings. The molecule has 2 rings (SSSR count). The van der Waals surface area contributed by atoms with Crippen LogP contribution in [0.5, 0.6) is 0 Å². The lowest BCUT2D eigenvalue weighted by Crippen LogP contribution is -2.47. The van der Waals surface area contributed by atoms with E-state index in [9.17, 15) is 9.59 Å². The number of carboxylic acid groups (broad SMARTS) is 1. The lowest BCUT2D eigenvalue weighted by atomic mass is 9.99. The van der Waals surface area contributed by atoms with Gasteiger partial charge >= 0.3 is 12.0 Å². The van der Waals surface area contributed by atoms with E-state index in [-0.39, 0.29) is 24.1 Å². The molecule has 19 heavy (non-hydrogen) atoms. The van der Waals surface area contributed by atoms with Crippen molar-refractivity contribution in [3.05, 3.63) is 0 Å². The molecule has 2 fully saturated rings. The molecule has 2 N–H and O–H groups in total. The first-order valence-electron chi connectivity index (χ1n) is 6.84. The van der Waals surface area contributed by atoms with Crippen LogP contribution in [0.3, 0.4) is 0 Å². The Balaban J connectivity index is 1.89. The number of rotatable bonds is 3. The summed E-state index contributed by atoms with van der Waals surface area (Å²) in [4.78, 5) is 24.8. The third-order valence-electron chi connectivity index (χ3n) is 4.28. The molecule has 0 aromatic heterocycles. The Morgan fingerprint density at radius 3 is 2.63 bits per heavy atom. The van der Waals surface area contributed by atoms with Gasteiger partial charge in [0.15, 0.2) is 0 Å². The van der Waals surface area contributed by atoms with Crippen LogP contribution in [0.25, 0.3) is 0 Å². The number of hydrogen-bond donors (Lipinski definition) is 2. The standard InChI is InChI=1S/C13H22N2O4/c1-8-6-15(7-9(8)12(16)17)13(18)14-10-4-3-5-11(10)19-2/h8-11H,3-7H2,1-2H3,(H,14,18)(H,16,17). The van der Waals surface area contributed by atoms with Crippen LogP contribution < -0.4 is 5.32 Å². The van der Waals surface area contributed by atoms with E-state index in [0.29, 0.717) is 13.1 Å². The van der Waals surface area contributed by atoms with Gasteiger partial charge in [-0.25, -0.2) is 4.79 Å². The summed E-state index contributed by atoms with van der Waals surface area (Å²) in [5.74, 6) is -1.27. The lowest BCUT2D eigenvalue weighted by molar-refractivity contribution is -0.142. The lowest BCUT2D eigenvalue weighted by Gasteiger charge is -2.24. The maximum absolute atomic E-state index is 12.1. The summed E-state index contributed by atoms with van der Waals surface area (Å²) in [5.41, 5.74) is 0. The molecule has 0 bridgehead atoms. The summed E-state index contributed by atoms with van der Waals surface area (Å²) in [6.07, 6.45) is 3.03. The monoisotopic (exact) mass is 270 g/mol. The molecule has 0 aromatic rings. The molecule has 108 valence electrons. The SMILES string of the molecule is COC1CCCC1NC(=O)N1CC(C)C(C(=O)O)C1. The molecule has 0 aromatic carbocycles. The molecule has 2 amide bonds. The van der Waals surface area contributed by atoms with E-state index in [0.717, 1.165) is 19.3 Å². The van der Waals surface area contributed by atoms with E-state index in [2.05, 4.69) is 5.32 Å². The second-order valence-electron chi connectivity index (χ2n) is 5.59. The molecule has 1 saturated heterocycles. The summed E-state index contributed by atoms with van der Waals surface area (Å²) in [5, 5.41) is 12.0. The number of amides is 2. The number of aliphatic carboxylic acids is 1. The normalized spacial score (nSPS) is 34.5. The van der Waals surface area contributed by atoms with Crippen molar-refractivity contribution < 1.29 is 19.4 Å². The van der Waals surface area contributed by atoms with E-state index in [1.54, 1.807) is 12.0 Å². The largest absolute Gasteiger partial charge is 0.481 e. The predicted octanol–water partition coefficient (Wildman–Crippen LogP) is 0.916. The summed E-state index contributed by atoms with van der Waals surface area (Å²) in [7, 11) is 1.66. The molecule has 1 aliphatic heterocycles. The van der Waals surface area contributed by atoms with Crippen molar-refractivity contribution in [3.8, 4) is 0 Å². The number of ether oxygens (including phenoxy) is 1. The van der Waals surface area contributed by atoms with E-state index in [1.807, 2.05) is 6.92 Å². The summed E-state index contributed by atoms with van der Waals surface area (Å²) in [6, 6.07) is -0.110. The first kappa shape index (κ1) is 14.1. The number of carboxylic acids is 1. The van der Waals surface area contributed by atoms with Crippen molar-refractivity contribution in [1.29, 1.82) is 0 Å². The van der Waals surface area contributed by atoms with Gasteiger partial charge in [-0.05, 0) is 25.2 Å². The molecular weight excluding hydrogens is 248 g/mol. The second kappa shape index (κ2) is 5.77. The van der Waals surface area contributed by atoms with Crippen LogP contribution in [0.2, 0.25) is 0 Å². The van der Waals surface area contributed by atoms with Gasteiger partial charge in [0, 0.05) is 20.2 Å². The first-order chi connectivity index (χ1) is 9.02. The van der Waals surface area contributed by atoms with Gasteiger partial charge < -0.3 is 20.1 Å². The van der Waals surface area contributed by atoms with Gasteiger partial charge in [-0.1, -0.05) is 6.92 Å². The zero-order chi connectivity index (χ0) is 14.0. The Kier molecular flexibility index (Phi) is 4.29. The highest BCUT2D eigenvalue weighted by Gasteiger charge is 2.38. The molecule has 1 aliphatic carbocycles. The van der Waals surface area contributed by atoms with Gasteiger partial charge in [0.2, 0.25) is 0 Å². The molecule has 6 nitrogen and oxygen atoms in total. The molecule has 4 unspecified atom stereocenters. The summed E-state index contributed by atoms with van der Waals surface area (Å²) >= 11 is 0. The maximum Gasteiger partial charge on any atom is 0.317 e. The number of likely N-dealkylation sites (tertiary alicyclic amines) is 1. The number of methoxy groups -OCH3 is 1. The summed E-state index contributed by atoms with van der Waals surface area (Å²) in [6.45, 7) is 2.68. The van der Waals surface area contributed by atoms with Gasteiger partial charge in [-0.3, -0.25) is 4.79 Å². The molecule has 0 radical (unpaired) electrons. The topological polar surface area (TPSA) is 78.9 Å². The predicted molar refractivity (Wildman–Crippen MR) is 68.8 cm³/mol. The van der Waals surface area contributed by atoms with Gasteiger partial charge in [0.1, 0.15) is 0 Å². The van der Waals surface area contributed by atoms with Gasteiger partial charge in [0.05, 0.1) is 18.1 Å². The fourth-order valence-electron chi connectivity index (χ4n) is 3.08. The van der Waals surface area contributed by atoms with Crippen molar-refractivity contribution >= 4 is 12.0 Å². The average Bonchev–Trinajstić information content (AvgIpc) is 2.95. The smallest absolute Gasteiger partial charge is 0.317 e. The highest BCUT2D eigenvalue weighted by atomic mass is 16.5. The zero-order valence-corrected chi connectivity index (χ0v) is 11.5. The van der Waals surface area contributed by atoms with Crippen LogP contribution in [0.4, 0.5) is 4.79 Å². The molecule has 4 atom stereocenters. The van der Waals surface area contributed by atoms with Crippen molar-refractivity contribution in [2.24, 2.45) is 11.8 Å². The Hall–Kier alpha value is -1.30. The highest BCUT2D eigenvalue weighted by molar-refractivity contribution is 5.78. The van der Waals surface area contributed by atoms with Crippen molar-refractivity contribution in [2.75, 3.05) is 20.2 Å². The van der Waals surface area contributed by atoms with Crippen LogP contribution in [0, 0.1) is 11.8 Å². The highest BCUT2D eigenvalue weighted by Crippen LogP contribution is 2.25. The molecule has 0 spiro atoms. The Labute approximate surface area is 113 Å². The quantitative estimate of drug-likeness (QED) is 0.799. The second-order valence-corrected chi connectivity index (χ2v) is 5.59. The number of carbonyl (C=O) groups excluding carboxylic acids is 1. The van der Waals surface area contributed by atoms with Crippen LogP contribution in [0.1, 0.15) is 26.2 Å². The van der Waals surface area contributed by atoms with Crippen LogP contribution in [-0.2, 0) is 9.53 Å². The number of hydrogen-bond acceptors (Lipinski definition) is 3. The van der Waals surface area contributed by atoms with Gasteiger partial charge in [-0.15, -0.1) is 0 Å². The number of urea groups is 1. The number of carbonyl (C=O) groups is 2.